The number of halogens is 1. The maximum atomic E-state index is 13.7. The van der Waals surface area contributed by atoms with Gasteiger partial charge in [-0.15, -0.1) is 11.8 Å². The maximum absolute atomic E-state index is 13.7. The average Bonchev–Trinajstić information content (AvgIpc) is 2.84. The molecule has 136 valence electrons. The monoisotopic (exact) mass is 363 g/mol. The second kappa shape index (κ2) is 6.83. The minimum Gasteiger partial charge on any atom is -0.310 e. The summed E-state index contributed by atoms with van der Waals surface area (Å²) < 4.78 is 14.7. The number of thioether (sulfide) groups is 1. The summed E-state index contributed by atoms with van der Waals surface area (Å²) in [6.45, 7) is 11.6. The van der Waals surface area contributed by atoms with E-state index >= 15 is 0 Å². The zero-order valence-corrected chi connectivity index (χ0v) is 16.7. The van der Waals surface area contributed by atoms with Crippen LogP contribution in [0, 0.1) is 12.7 Å². The van der Waals surface area contributed by atoms with Gasteiger partial charge in [-0.2, -0.15) is 5.10 Å². The molecule has 0 aliphatic rings. The molecule has 4 nitrogen and oxygen atoms in total. The lowest BCUT2D eigenvalue weighted by Gasteiger charge is -2.23. The van der Waals surface area contributed by atoms with Gasteiger partial charge in [-0.1, -0.05) is 26.8 Å². The number of amides is 1. The van der Waals surface area contributed by atoms with Gasteiger partial charge in [0.25, 0.3) is 0 Å². The van der Waals surface area contributed by atoms with E-state index in [1.165, 1.54) is 17.8 Å². The standard InChI is InChI=1S/C19H26FN3OS/c1-12-8-9-13(10-14(12)20)25-19(5,6)17(24)21-16-11-15(18(2,3)4)22-23(16)7/h8-11H,1-7H3,(H,21,24). The third kappa shape index (κ3) is 4.63. The van der Waals surface area contributed by atoms with Crippen LogP contribution < -0.4 is 5.32 Å². The van der Waals surface area contributed by atoms with Crippen molar-refractivity contribution >= 4 is 23.5 Å². The van der Waals surface area contributed by atoms with Crippen LogP contribution in [0.2, 0.25) is 0 Å². The number of aromatic nitrogens is 2. The van der Waals surface area contributed by atoms with E-state index in [1.54, 1.807) is 24.7 Å². The summed E-state index contributed by atoms with van der Waals surface area (Å²) in [5.41, 5.74) is 1.41. The molecule has 0 atom stereocenters. The Balaban J connectivity index is 2.16. The second-order valence-corrected chi connectivity index (χ2v) is 9.46. The molecule has 1 heterocycles. The number of rotatable bonds is 4. The van der Waals surface area contributed by atoms with E-state index in [1.807, 2.05) is 26.0 Å². The smallest absolute Gasteiger partial charge is 0.241 e. The Morgan fingerprint density at radius 1 is 1.20 bits per heavy atom. The zero-order chi connectivity index (χ0) is 19.0. The van der Waals surface area contributed by atoms with Crippen molar-refractivity contribution < 1.29 is 9.18 Å². The highest BCUT2D eigenvalue weighted by molar-refractivity contribution is 8.01. The SMILES string of the molecule is Cc1ccc(SC(C)(C)C(=O)Nc2cc(C(C)(C)C)nn2C)cc1F. The number of carbonyl (C=O) groups excluding carboxylic acids is 1. The Kier molecular flexibility index (Phi) is 5.33. The Morgan fingerprint density at radius 2 is 1.84 bits per heavy atom. The van der Waals surface area contributed by atoms with Gasteiger partial charge in [-0.25, -0.2) is 4.39 Å². The van der Waals surface area contributed by atoms with Gasteiger partial charge in [0.1, 0.15) is 11.6 Å². The summed E-state index contributed by atoms with van der Waals surface area (Å²) in [4.78, 5) is 13.5. The van der Waals surface area contributed by atoms with Crippen LogP contribution in [0.5, 0.6) is 0 Å². The fourth-order valence-corrected chi connectivity index (χ4v) is 3.23. The summed E-state index contributed by atoms with van der Waals surface area (Å²) in [7, 11) is 1.81. The van der Waals surface area contributed by atoms with Crippen LogP contribution in [0.25, 0.3) is 0 Å². The van der Waals surface area contributed by atoms with E-state index < -0.39 is 4.75 Å². The predicted octanol–water partition coefficient (Wildman–Crippen LogP) is 4.67. The molecule has 0 aliphatic carbocycles. The highest BCUT2D eigenvalue weighted by Gasteiger charge is 2.30. The molecule has 1 N–H and O–H groups in total. The first-order valence-corrected chi connectivity index (χ1v) is 9.03. The van der Waals surface area contributed by atoms with Crippen LogP contribution in [0.1, 0.15) is 45.9 Å². The van der Waals surface area contributed by atoms with Gasteiger partial charge in [0, 0.05) is 23.4 Å². The van der Waals surface area contributed by atoms with Crippen molar-refractivity contribution in [2.24, 2.45) is 7.05 Å². The highest BCUT2D eigenvalue weighted by atomic mass is 32.2. The normalized spacial score (nSPS) is 12.3. The molecule has 6 heteroatoms. The Hall–Kier alpha value is -1.82. The first-order chi connectivity index (χ1) is 11.4. The van der Waals surface area contributed by atoms with E-state index in [9.17, 15) is 9.18 Å². The molecule has 0 radical (unpaired) electrons. The Bertz CT molecular complexity index is 790. The molecule has 2 rings (SSSR count). The van der Waals surface area contributed by atoms with Crippen molar-refractivity contribution in [3.05, 3.63) is 41.3 Å². The number of nitrogens with zero attached hydrogens (tertiary/aromatic N) is 2. The van der Waals surface area contributed by atoms with Crippen molar-refractivity contribution in [3.8, 4) is 0 Å². The lowest BCUT2D eigenvalue weighted by Crippen LogP contribution is -2.34. The average molecular weight is 364 g/mol. The number of hydrogen-bond donors (Lipinski definition) is 1. The largest absolute Gasteiger partial charge is 0.310 e. The summed E-state index contributed by atoms with van der Waals surface area (Å²) in [6, 6.07) is 6.92. The third-order valence-electron chi connectivity index (χ3n) is 3.95. The quantitative estimate of drug-likeness (QED) is 0.803. The first kappa shape index (κ1) is 19.5. The molecule has 0 spiro atoms. The molecule has 0 unspecified atom stereocenters. The van der Waals surface area contributed by atoms with Gasteiger partial charge < -0.3 is 5.32 Å². The van der Waals surface area contributed by atoms with Crippen LogP contribution >= 0.6 is 11.8 Å². The van der Waals surface area contributed by atoms with Crippen molar-refractivity contribution in [2.75, 3.05) is 5.32 Å². The number of hydrogen-bond acceptors (Lipinski definition) is 3. The Labute approximate surface area is 153 Å². The molecule has 25 heavy (non-hydrogen) atoms. The van der Waals surface area contributed by atoms with E-state index in [2.05, 4.69) is 31.2 Å². The molecule has 0 bridgehead atoms. The van der Waals surface area contributed by atoms with Gasteiger partial charge in [-0.3, -0.25) is 9.48 Å². The highest BCUT2D eigenvalue weighted by Crippen LogP contribution is 2.34. The van der Waals surface area contributed by atoms with Crippen LogP contribution in [0.4, 0.5) is 10.2 Å². The molecular weight excluding hydrogens is 337 g/mol. The molecule has 1 aromatic carbocycles. The van der Waals surface area contributed by atoms with E-state index in [0.29, 0.717) is 11.4 Å². The fraction of sp³-hybridized carbons (Fsp3) is 0.474. The fourth-order valence-electron chi connectivity index (χ4n) is 2.20. The number of nitrogens with one attached hydrogen (secondary N) is 1. The Morgan fingerprint density at radius 3 is 2.36 bits per heavy atom. The van der Waals surface area contributed by atoms with E-state index in [0.717, 1.165) is 10.6 Å². The number of anilines is 1. The van der Waals surface area contributed by atoms with E-state index in [4.69, 9.17) is 0 Å². The van der Waals surface area contributed by atoms with Crippen molar-refractivity contribution in [3.63, 3.8) is 0 Å². The molecule has 0 aliphatic heterocycles. The predicted molar refractivity (Wildman–Crippen MR) is 102 cm³/mol. The minimum atomic E-state index is -0.756. The molecule has 1 aromatic heterocycles. The zero-order valence-electron chi connectivity index (χ0n) is 15.9. The van der Waals surface area contributed by atoms with Crippen molar-refractivity contribution in [1.29, 1.82) is 0 Å². The van der Waals surface area contributed by atoms with Crippen molar-refractivity contribution in [2.45, 2.75) is 56.6 Å². The van der Waals surface area contributed by atoms with Gasteiger partial charge in [0.15, 0.2) is 0 Å². The number of benzene rings is 1. The van der Waals surface area contributed by atoms with Gasteiger partial charge in [0.2, 0.25) is 5.91 Å². The van der Waals surface area contributed by atoms with Gasteiger partial charge in [-0.05, 0) is 38.5 Å². The summed E-state index contributed by atoms with van der Waals surface area (Å²) in [5, 5.41) is 7.40. The lowest BCUT2D eigenvalue weighted by atomic mass is 9.92. The van der Waals surface area contributed by atoms with Gasteiger partial charge >= 0.3 is 0 Å². The number of aryl methyl sites for hydroxylation is 2. The van der Waals surface area contributed by atoms with E-state index in [-0.39, 0.29) is 17.1 Å². The molecule has 2 aromatic rings. The first-order valence-electron chi connectivity index (χ1n) is 8.21. The summed E-state index contributed by atoms with van der Waals surface area (Å²) in [6.07, 6.45) is 0. The van der Waals surface area contributed by atoms with Crippen LogP contribution in [0.3, 0.4) is 0 Å². The topological polar surface area (TPSA) is 46.9 Å². The number of carbonyl (C=O) groups is 1. The molecule has 1 amide bonds. The lowest BCUT2D eigenvalue weighted by molar-refractivity contribution is -0.117. The summed E-state index contributed by atoms with van der Waals surface area (Å²) in [5.74, 6) is 0.239. The minimum absolute atomic E-state index is 0.0928. The van der Waals surface area contributed by atoms with Crippen LogP contribution in [-0.2, 0) is 17.3 Å². The second-order valence-electron chi connectivity index (χ2n) is 7.77. The van der Waals surface area contributed by atoms with Crippen LogP contribution in [-0.4, -0.2) is 20.4 Å². The molecule has 0 saturated heterocycles. The van der Waals surface area contributed by atoms with Crippen LogP contribution in [0.15, 0.2) is 29.2 Å². The molecule has 0 fully saturated rings. The third-order valence-corrected chi connectivity index (χ3v) is 5.14. The molecule has 0 saturated carbocycles. The molecular formula is C19H26FN3OS. The maximum Gasteiger partial charge on any atom is 0.241 e. The summed E-state index contributed by atoms with van der Waals surface area (Å²) >= 11 is 1.33. The van der Waals surface area contributed by atoms with Gasteiger partial charge in [0.05, 0.1) is 10.4 Å². The van der Waals surface area contributed by atoms with Crippen molar-refractivity contribution in [1.82, 2.24) is 9.78 Å².